The lowest BCUT2D eigenvalue weighted by molar-refractivity contribution is -0.105. The van der Waals surface area contributed by atoms with E-state index >= 15 is 0 Å². The van der Waals surface area contributed by atoms with Crippen LogP contribution in [0.2, 0.25) is 0 Å². The second-order valence-corrected chi connectivity index (χ2v) is 3.62. The third kappa shape index (κ3) is 3.44. The zero-order chi connectivity index (χ0) is 11.5. The smallest absolute Gasteiger partial charge is 0.206 e. The second-order valence-electron chi connectivity index (χ2n) is 2.63. The molecule has 0 N–H and O–H groups in total. The Balaban J connectivity index is 2.90. The van der Waals surface area contributed by atoms with Crippen LogP contribution in [0.4, 0.5) is 17.6 Å². The normalized spacial score (nSPS) is 11.1. The van der Waals surface area contributed by atoms with Crippen LogP contribution < -0.4 is 0 Å². The molecular formula is C9H5F4NS. The number of halogens is 4. The highest BCUT2D eigenvalue weighted by Crippen LogP contribution is 2.31. The molecule has 1 aromatic rings. The number of rotatable bonds is 2. The van der Waals surface area contributed by atoms with Gasteiger partial charge in [-0.3, -0.25) is 0 Å². The number of nitrogens with zero attached hydrogens (tertiary/aromatic N) is 1. The van der Waals surface area contributed by atoms with Gasteiger partial charge in [-0.1, -0.05) is 6.07 Å². The molecule has 15 heavy (non-hydrogen) atoms. The molecule has 0 saturated carbocycles. The quantitative estimate of drug-likeness (QED) is 0.579. The molecule has 6 heteroatoms. The first-order valence-electron chi connectivity index (χ1n) is 3.82. The van der Waals surface area contributed by atoms with Crippen LogP contribution in [0.5, 0.6) is 0 Å². The fraction of sp³-hybridized carbons (Fsp3) is 0.222. The van der Waals surface area contributed by atoms with Crippen molar-refractivity contribution in [2.24, 2.45) is 0 Å². The average Bonchev–Trinajstić information content (AvgIpc) is 2.14. The van der Waals surface area contributed by atoms with Gasteiger partial charge in [0.2, 0.25) is 0 Å². The van der Waals surface area contributed by atoms with E-state index in [-0.39, 0.29) is 22.2 Å². The van der Waals surface area contributed by atoms with Crippen LogP contribution in [-0.2, 0) is 0 Å². The summed E-state index contributed by atoms with van der Waals surface area (Å²) in [5.74, 6) is -2.01. The summed E-state index contributed by atoms with van der Waals surface area (Å²) in [4.78, 5) is -0.252. The van der Waals surface area contributed by atoms with Gasteiger partial charge in [-0.2, -0.15) is 18.4 Å². The van der Waals surface area contributed by atoms with Gasteiger partial charge in [-0.15, -0.1) is 11.8 Å². The van der Waals surface area contributed by atoms with Crippen molar-refractivity contribution in [3.8, 4) is 6.07 Å². The first kappa shape index (κ1) is 11.9. The van der Waals surface area contributed by atoms with Crippen molar-refractivity contribution in [3.05, 3.63) is 29.6 Å². The van der Waals surface area contributed by atoms with Crippen LogP contribution in [0.15, 0.2) is 23.1 Å². The first-order chi connectivity index (χ1) is 6.94. The van der Waals surface area contributed by atoms with E-state index in [0.717, 1.165) is 6.07 Å². The van der Waals surface area contributed by atoms with Crippen LogP contribution in [0.1, 0.15) is 5.56 Å². The minimum Gasteiger partial charge on any atom is -0.206 e. The second kappa shape index (κ2) is 4.53. The molecule has 0 bridgehead atoms. The van der Waals surface area contributed by atoms with E-state index in [2.05, 4.69) is 0 Å². The van der Waals surface area contributed by atoms with Gasteiger partial charge in [0.1, 0.15) is 11.9 Å². The summed E-state index contributed by atoms with van der Waals surface area (Å²) in [5.41, 5.74) is -0.0794. The molecule has 0 spiro atoms. The van der Waals surface area contributed by atoms with Crippen LogP contribution >= 0.6 is 11.8 Å². The van der Waals surface area contributed by atoms with Crippen molar-refractivity contribution in [1.82, 2.24) is 0 Å². The zero-order valence-electron chi connectivity index (χ0n) is 7.31. The van der Waals surface area contributed by atoms with Crippen LogP contribution in [0.25, 0.3) is 0 Å². The maximum Gasteiger partial charge on any atom is 0.398 e. The largest absolute Gasteiger partial charge is 0.398 e. The van der Waals surface area contributed by atoms with Gasteiger partial charge < -0.3 is 0 Å². The molecule has 0 amide bonds. The van der Waals surface area contributed by atoms with Crippen molar-refractivity contribution in [1.29, 1.82) is 5.26 Å². The zero-order valence-corrected chi connectivity index (χ0v) is 8.12. The Morgan fingerprint density at radius 3 is 2.53 bits per heavy atom. The lowest BCUT2D eigenvalue weighted by Gasteiger charge is -2.07. The Hall–Kier alpha value is -1.22. The van der Waals surface area contributed by atoms with Gasteiger partial charge in [-0.05, 0) is 12.1 Å². The summed E-state index contributed by atoms with van der Waals surface area (Å²) in [6, 6.07) is 5.23. The predicted octanol–water partition coefficient (Wildman–Crippen LogP) is 3.35. The lowest BCUT2D eigenvalue weighted by atomic mass is 10.2. The Bertz CT molecular complexity index is 394. The van der Waals surface area contributed by atoms with E-state index in [4.69, 9.17) is 5.26 Å². The maximum atomic E-state index is 13.1. The minimum atomic E-state index is -4.38. The third-order valence-electron chi connectivity index (χ3n) is 1.47. The molecule has 0 saturated heterocycles. The van der Waals surface area contributed by atoms with Gasteiger partial charge in [0, 0.05) is 0 Å². The lowest BCUT2D eigenvalue weighted by Crippen LogP contribution is -2.11. The van der Waals surface area contributed by atoms with Crippen molar-refractivity contribution in [3.63, 3.8) is 0 Å². The molecule has 0 radical (unpaired) electrons. The number of hydrogen-bond donors (Lipinski definition) is 0. The highest BCUT2D eigenvalue weighted by molar-refractivity contribution is 7.99. The molecule has 80 valence electrons. The molecule has 0 atom stereocenters. The van der Waals surface area contributed by atoms with Gasteiger partial charge in [0.25, 0.3) is 0 Å². The maximum absolute atomic E-state index is 13.1. The summed E-state index contributed by atoms with van der Waals surface area (Å²) in [6.07, 6.45) is -4.38. The van der Waals surface area contributed by atoms with Crippen molar-refractivity contribution in [2.45, 2.75) is 11.1 Å². The predicted molar refractivity (Wildman–Crippen MR) is 47.9 cm³/mol. The molecule has 0 aromatic heterocycles. The minimum absolute atomic E-state index is 0.0794. The van der Waals surface area contributed by atoms with Crippen molar-refractivity contribution >= 4 is 11.8 Å². The van der Waals surface area contributed by atoms with Gasteiger partial charge in [0.05, 0.1) is 16.2 Å². The number of nitriles is 1. The molecule has 1 aromatic carbocycles. The molecule has 1 nitrogen and oxygen atoms in total. The summed E-state index contributed by atoms with van der Waals surface area (Å²) in [5, 5.41) is 8.56. The molecule has 0 aliphatic carbocycles. The SMILES string of the molecule is N#Cc1cccc(F)c1SCC(F)(F)F. The Labute approximate surface area is 87.7 Å². The summed E-state index contributed by atoms with van der Waals surface area (Å²) in [6.45, 7) is 0. The molecule has 0 fully saturated rings. The van der Waals surface area contributed by atoms with Crippen LogP contribution in [-0.4, -0.2) is 11.9 Å². The molecule has 0 unspecified atom stereocenters. The molecule has 0 heterocycles. The molecule has 0 aliphatic rings. The fourth-order valence-corrected chi connectivity index (χ4v) is 1.68. The number of benzene rings is 1. The van der Waals surface area contributed by atoms with E-state index < -0.39 is 17.7 Å². The van der Waals surface area contributed by atoms with E-state index in [0.29, 0.717) is 0 Å². The highest BCUT2D eigenvalue weighted by Gasteiger charge is 2.28. The van der Waals surface area contributed by atoms with Gasteiger partial charge in [-0.25, -0.2) is 4.39 Å². The summed E-state index contributed by atoms with van der Waals surface area (Å²) >= 11 is 0.283. The van der Waals surface area contributed by atoms with E-state index in [1.807, 2.05) is 0 Å². The van der Waals surface area contributed by atoms with E-state index in [1.54, 1.807) is 6.07 Å². The van der Waals surface area contributed by atoms with Gasteiger partial charge >= 0.3 is 6.18 Å². The van der Waals surface area contributed by atoms with Crippen molar-refractivity contribution < 1.29 is 17.6 Å². The number of thioether (sulfide) groups is 1. The monoisotopic (exact) mass is 235 g/mol. The fourth-order valence-electron chi connectivity index (χ4n) is 0.898. The molecule has 1 rings (SSSR count). The van der Waals surface area contributed by atoms with E-state index in [9.17, 15) is 17.6 Å². The first-order valence-corrected chi connectivity index (χ1v) is 4.81. The summed E-state index contributed by atoms with van der Waals surface area (Å²) < 4.78 is 48.7. The number of alkyl halides is 3. The standard InChI is InChI=1S/C9H5F4NS/c10-7-3-1-2-6(4-14)8(7)15-5-9(11,12)13/h1-3H,5H2. The Kier molecular flexibility index (Phi) is 3.58. The van der Waals surface area contributed by atoms with Gasteiger partial charge in [0.15, 0.2) is 0 Å². The van der Waals surface area contributed by atoms with Crippen LogP contribution in [0, 0.1) is 17.1 Å². The highest BCUT2D eigenvalue weighted by atomic mass is 32.2. The summed E-state index contributed by atoms with van der Waals surface area (Å²) in [7, 11) is 0. The van der Waals surface area contributed by atoms with Crippen molar-refractivity contribution in [2.75, 3.05) is 5.75 Å². The molecular weight excluding hydrogens is 230 g/mol. The average molecular weight is 235 g/mol. The molecule has 0 aliphatic heterocycles. The topological polar surface area (TPSA) is 23.8 Å². The third-order valence-corrected chi connectivity index (χ3v) is 2.64. The van der Waals surface area contributed by atoms with E-state index in [1.165, 1.54) is 12.1 Å². The Morgan fingerprint density at radius 1 is 1.33 bits per heavy atom. The number of hydrogen-bond acceptors (Lipinski definition) is 2. The van der Waals surface area contributed by atoms with Crippen LogP contribution in [0.3, 0.4) is 0 Å². The Morgan fingerprint density at radius 2 is 2.00 bits per heavy atom.